The third-order valence-electron chi connectivity index (χ3n) is 4.53. The highest BCUT2D eigenvalue weighted by Gasteiger charge is 2.18. The van der Waals surface area contributed by atoms with E-state index in [0.717, 1.165) is 5.56 Å². The summed E-state index contributed by atoms with van der Waals surface area (Å²) in [6.45, 7) is 4.29. The molecule has 0 unspecified atom stereocenters. The number of carbonyl (C=O) groups excluding carboxylic acids is 1. The van der Waals surface area contributed by atoms with Crippen molar-refractivity contribution in [2.75, 3.05) is 6.54 Å². The lowest BCUT2D eigenvalue weighted by atomic mass is 10.2. The lowest BCUT2D eigenvalue weighted by Crippen LogP contribution is -2.35. The van der Waals surface area contributed by atoms with Crippen LogP contribution in [0.15, 0.2) is 52.0 Å². The van der Waals surface area contributed by atoms with Gasteiger partial charge >= 0.3 is 0 Å². The molecule has 0 radical (unpaired) electrons. The van der Waals surface area contributed by atoms with Crippen LogP contribution in [0.2, 0.25) is 0 Å². The van der Waals surface area contributed by atoms with Crippen LogP contribution in [0, 0.1) is 12.3 Å². The molecule has 0 aliphatic carbocycles. The summed E-state index contributed by atoms with van der Waals surface area (Å²) in [5.41, 5.74) is 1.53. The zero-order valence-corrected chi connectivity index (χ0v) is 15.5. The van der Waals surface area contributed by atoms with Crippen molar-refractivity contribution in [1.29, 1.82) is 5.41 Å². The number of furan rings is 1. The van der Waals surface area contributed by atoms with Crippen LogP contribution < -0.4 is 16.4 Å². The Morgan fingerprint density at radius 2 is 2.14 bits per heavy atom. The Morgan fingerprint density at radius 1 is 1.32 bits per heavy atom. The summed E-state index contributed by atoms with van der Waals surface area (Å²) >= 11 is 0. The number of nitrogens with one attached hydrogen (secondary N) is 2. The van der Waals surface area contributed by atoms with Gasteiger partial charge in [-0.2, -0.15) is 0 Å². The maximum atomic E-state index is 13.1. The molecule has 0 atom stereocenters. The van der Waals surface area contributed by atoms with Crippen LogP contribution in [0.3, 0.4) is 0 Å². The lowest BCUT2D eigenvalue weighted by Gasteiger charge is -2.14. The second kappa shape index (κ2) is 6.80. The number of hydrogen-bond donors (Lipinski definition) is 2. The average Bonchev–Trinajstić information content (AvgIpc) is 3.18. The summed E-state index contributed by atoms with van der Waals surface area (Å²) in [4.78, 5) is 30.2. The molecule has 28 heavy (non-hydrogen) atoms. The van der Waals surface area contributed by atoms with Crippen LogP contribution in [0.5, 0.6) is 0 Å². The standard InChI is InChI=1S/C20H19N5O3/c1-3-22-19(26)14-9-15-18(25(17(14)21)11-13-5-4-8-28-13)23-16-7-6-12(2)10-24(16)20(15)27/h4-10,21H,3,11H2,1-2H3,(H,22,26). The second-order valence-corrected chi connectivity index (χ2v) is 6.52. The van der Waals surface area contributed by atoms with Gasteiger partial charge in [-0.3, -0.25) is 19.4 Å². The molecule has 0 fully saturated rings. The number of nitrogens with zero attached hydrogens (tertiary/aromatic N) is 3. The zero-order chi connectivity index (χ0) is 19.8. The van der Waals surface area contributed by atoms with Crippen molar-refractivity contribution in [2.24, 2.45) is 0 Å². The van der Waals surface area contributed by atoms with Gasteiger partial charge in [0, 0.05) is 12.7 Å². The first-order chi connectivity index (χ1) is 13.5. The molecule has 2 N–H and O–H groups in total. The highest BCUT2D eigenvalue weighted by molar-refractivity contribution is 5.96. The van der Waals surface area contributed by atoms with E-state index in [-0.39, 0.29) is 28.5 Å². The number of carbonyl (C=O) groups is 1. The van der Waals surface area contributed by atoms with E-state index in [4.69, 9.17) is 9.83 Å². The third-order valence-corrected chi connectivity index (χ3v) is 4.53. The van der Waals surface area contributed by atoms with Gasteiger partial charge in [0.2, 0.25) is 0 Å². The molecule has 8 nitrogen and oxygen atoms in total. The minimum atomic E-state index is -0.406. The maximum Gasteiger partial charge on any atom is 0.267 e. The van der Waals surface area contributed by atoms with Gasteiger partial charge in [-0.15, -0.1) is 0 Å². The Balaban J connectivity index is 2.10. The summed E-state index contributed by atoms with van der Waals surface area (Å²) in [5.74, 6) is 0.190. The van der Waals surface area contributed by atoms with Crippen LogP contribution in [-0.2, 0) is 6.54 Å². The predicted octanol–water partition coefficient (Wildman–Crippen LogP) is 1.83. The fourth-order valence-corrected chi connectivity index (χ4v) is 3.18. The first-order valence-corrected chi connectivity index (χ1v) is 8.91. The monoisotopic (exact) mass is 377 g/mol. The van der Waals surface area contributed by atoms with Crippen LogP contribution >= 0.6 is 0 Å². The quantitative estimate of drug-likeness (QED) is 0.529. The molecular formula is C20H19N5O3. The Bertz CT molecular complexity index is 1320. The van der Waals surface area contributed by atoms with Crippen LogP contribution in [0.25, 0.3) is 16.7 Å². The first kappa shape index (κ1) is 17.7. The van der Waals surface area contributed by atoms with Crippen molar-refractivity contribution in [1.82, 2.24) is 19.3 Å². The Labute approximate surface area is 159 Å². The van der Waals surface area contributed by atoms with E-state index in [9.17, 15) is 9.59 Å². The molecule has 0 saturated heterocycles. The molecule has 0 saturated carbocycles. The Kier molecular flexibility index (Phi) is 4.31. The molecule has 0 bridgehead atoms. The van der Waals surface area contributed by atoms with E-state index in [0.29, 0.717) is 23.6 Å². The van der Waals surface area contributed by atoms with Crippen molar-refractivity contribution in [2.45, 2.75) is 20.4 Å². The van der Waals surface area contributed by atoms with Crippen molar-refractivity contribution in [3.8, 4) is 0 Å². The Hall–Kier alpha value is -3.68. The summed E-state index contributed by atoms with van der Waals surface area (Å²) in [6.07, 6.45) is 3.25. The highest BCUT2D eigenvalue weighted by Crippen LogP contribution is 2.13. The number of aromatic nitrogens is 3. The molecule has 142 valence electrons. The van der Waals surface area contributed by atoms with Crippen molar-refractivity contribution in [3.63, 3.8) is 0 Å². The van der Waals surface area contributed by atoms with Crippen molar-refractivity contribution < 1.29 is 9.21 Å². The average molecular weight is 377 g/mol. The van der Waals surface area contributed by atoms with E-state index < -0.39 is 5.91 Å². The van der Waals surface area contributed by atoms with E-state index >= 15 is 0 Å². The fraction of sp³-hybridized carbons (Fsp3) is 0.200. The summed E-state index contributed by atoms with van der Waals surface area (Å²) in [7, 11) is 0. The van der Waals surface area contributed by atoms with Gasteiger partial charge in [0.1, 0.15) is 22.5 Å². The van der Waals surface area contributed by atoms with E-state index in [2.05, 4.69) is 10.3 Å². The molecule has 1 amide bonds. The minimum absolute atomic E-state index is 0.0294. The van der Waals surface area contributed by atoms with Crippen LogP contribution in [0.1, 0.15) is 28.6 Å². The lowest BCUT2D eigenvalue weighted by molar-refractivity contribution is 0.0953. The van der Waals surface area contributed by atoms with Gasteiger partial charge < -0.3 is 14.3 Å². The molecule has 0 aliphatic heterocycles. The molecule has 0 aliphatic rings. The van der Waals surface area contributed by atoms with Gasteiger partial charge in [0.25, 0.3) is 11.5 Å². The number of rotatable bonds is 4. The topological polar surface area (TPSA) is 105 Å². The summed E-state index contributed by atoms with van der Waals surface area (Å²) in [6, 6.07) is 8.60. The molecule has 0 aromatic carbocycles. The molecule has 4 heterocycles. The SMILES string of the molecule is CCNC(=O)c1cc2c(=O)n3cc(C)ccc3nc2n(Cc2ccco2)c1=N. The van der Waals surface area contributed by atoms with Crippen LogP contribution in [-0.4, -0.2) is 26.4 Å². The van der Waals surface area contributed by atoms with E-state index in [1.165, 1.54) is 21.3 Å². The van der Waals surface area contributed by atoms with E-state index in [1.54, 1.807) is 31.3 Å². The largest absolute Gasteiger partial charge is 0.467 e. The number of hydrogen-bond acceptors (Lipinski definition) is 5. The molecule has 4 aromatic rings. The normalized spacial score (nSPS) is 11.2. The number of fused-ring (bicyclic) bond motifs is 2. The predicted molar refractivity (Wildman–Crippen MR) is 103 cm³/mol. The maximum absolute atomic E-state index is 13.1. The number of amides is 1. The molecule has 0 spiro atoms. The van der Waals surface area contributed by atoms with Gasteiger partial charge in [-0.25, -0.2) is 4.98 Å². The van der Waals surface area contributed by atoms with Gasteiger partial charge in [-0.05, 0) is 43.7 Å². The smallest absolute Gasteiger partial charge is 0.267 e. The second-order valence-electron chi connectivity index (χ2n) is 6.52. The molecule has 4 rings (SSSR count). The number of aryl methyl sites for hydroxylation is 1. The van der Waals surface area contributed by atoms with Gasteiger partial charge in [0.15, 0.2) is 0 Å². The van der Waals surface area contributed by atoms with Crippen molar-refractivity contribution in [3.05, 3.63) is 75.5 Å². The molecule has 4 aromatic heterocycles. The fourth-order valence-electron chi connectivity index (χ4n) is 3.18. The minimum Gasteiger partial charge on any atom is -0.467 e. The van der Waals surface area contributed by atoms with Crippen molar-refractivity contribution >= 4 is 22.6 Å². The molecule has 8 heteroatoms. The third kappa shape index (κ3) is 2.88. The summed E-state index contributed by atoms with van der Waals surface area (Å²) in [5, 5.41) is 11.5. The zero-order valence-electron chi connectivity index (χ0n) is 15.5. The first-order valence-electron chi connectivity index (χ1n) is 8.91. The van der Waals surface area contributed by atoms with Gasteiger partial charge in [-0.1, -0.05) is 6.07 Å². The van der Waals surface area contributed by atoms with Gasteiger partial charge in [0.05, 0.1) is 23.8 Å². The van der Waals surface area contributed by atoms with Crippen LogP contribution in [0.4, 0.5) is 0 Å². The molecular weight excluding hydrogens is 358 g/mol. The highest BCUT2D eigenvalue weighted by atomic mass is 16.3. The Morgan fingerprint density at radius 3 is 2.86 bits per heavy atom. The van der Waals surface area contributed by atoms with E-state index in [1.807, 2.05) is 13.0 Å². The summed E-state index contributed by atoms with van der Waals surface area (Å²) < 4.78 is 8.39. The number of pyridine rings is 2.